The molecule has 2 unspecified atom stereocenters. The first-order valence-corrected chi connectivity index (χ1v) is 9.55. The van der Waals surface area contributed by atoms with E-state index < -0.39 is 0 Å². The molecule has 2 aliphatic rings. The number of carbonyl (C=O) groups excluding carboxylic acids is 1. The molecule has 6 nitrogen and oxygen atoms in total. The highest BCUT2D eigenvalue weighted by atomic mass is 16.5. The predicted octanol–water partition coefficient (Wildman–Crippen LogP) is 2.88. The number of amides is 1. The lowest BCUT2D eigenvalue weighted by Crippen LogP contribution is -2.58. The minimum atomic E-state index is -0.201. The maximum absolute atomic E-state index is 13.0. The molecule has 2 atom stereocenters. The Morgan fingerprint density at radius 2 is 2.26 bits per heavy atom. The number of ether oxygens (including phenoxy) is 2. The number of aromatic nitrogens is 2. The lowest BCUT2D eigenvalue weighted by Gasteiger charge is -2.50. The number of likely N-dealkylation sites (tertiary alicyclic amines) is 1. The van der Waals surface area contributed by atoms with Gasteiger partial charge in [-0.15, -0.1) is 0 Å². The SMILES string of the molecule is Cc1cccc(C(=O)N2CCC3OCCCC3(COc3ccccn3)C2)n1. The molecule has 142 valence electrons. The maximum atomic E-state index is 13.0. The van der Waals surface area contributed by atoms with Crippen LogP contribution in [0.1, 0.15) is 35.4 Å². The van der Waals surface area contributed by atoms with Gasteiger partial charge in [0.15, 0.2) is 0 Å². The van der Waals surface area contributed by atoms with Crippen LogP contribution in [0.4, 0.5) is 0 Å². The fourth-order valence-corrected chi connectivity index (χ4v) is 4.15. The Balaban J connectivity index is 1.52. The molecule has 0 aliphatic carbocycles. The van der Waals surface area contributed by atoms with Crippen molar-refractivity contribution < 1.29 is 14.3 Å². The molecule has 0 radical (unpaired) electrons. The fourth-order valence-electron chi connectivity index (χ4n) is 4.15. The van der Waals surface area contributed by atoms with Crippen LogP contribution in [0.2, 0.25) is 0 Å². The van der Waals surface area contributed by atoms with Crippen LogP contribution in [0.3, 0.4) is 0 Å². The van der Waals surface area contributed by atoms with Crippen molar-refractivity contribution in [2.75, 3.05) is 26.3 Å². The van der Waals surface area contributed by atoms with Crippen LogP contribution in [-0.4, -0.2) is 53.2 Å². The Kier molecular flexibility index (Phi) is 5.07. The minimum absolute atomic E-state index is 0.0139. The summed E-state index contributed by atoms with van der Waals surface area (Å²) in [6.45, 7) is 4.49. The number of fused-ring (bicyclic) bond motifs is 1. The van der Waals surface area contributed by atoms with Gasteiger partial charge in [0.25, 0.3) is 5.91 Å². The summed E-state index contributed by atoms with van der Waals surface area (Å²) >= 11 is 0. The van der Waals surface area contributed by atoms with Gasteiger partial charge in [0.2, 0.25) is 5.88 Å². The fraction of sp³-hybridized carbons (Fsp3) is 0.476. The van der Waals surface area contributed by atoms with E-state index >= 15 is 0 Å². The summed E-state index contributed by atoms with van der Waals surface area (Å²) < 4.78 is 12.1. The summed E-state index contributed by atoms with van der Waals surface area (Å²) in [4.78, 5) is 23.6. The third kappa shape index (κ3) is 3.81. The molecule has 0 spiro atoms. The van der Waals surface area contributed by atoms with E-state index in [9.17, 15) is 4.79 Å². The molecular formula is C21H25N3O3. The number of rotatable bonds is 4. The second kappa shape index (κ2) is 7.64. The van der Waals surface area contributed by atoms with Gasteiger partial charge in [0, 0.05) is 43.1 Å². The number of hydrogen-bond donors (Lipinski definition) is 0. The van der Waals surface area contributed by atoms with Crippen LogP contribution >= 0.6 is 0 Å². The molecule has 4 heterocycles. The van der Waals surface area contributed by atoms with E-state index in [0.717, 1.165) is 31.6 Å². The summed E-state index contributed by atoms with van der Waals surface area (Å²) in [6.07, 6.45) is 4.62. The summed E-state index contributed by atoms with van der Waals surface area (Å²) in [5.74, 6) is 0.597. The number of pyridine rings is 2. The molecule has 4 rings (SSSR count). The molecule has 2 aromatic rings. The van der Waals surface area contributed by atoms with E-state index in [4.69, 9.17) is 9.47 Å². The highest BCUT2D eigenvalue weighted by Gasteiger charge is 2.48. The summed E-state index contributed by atoms with van der Waals surface area (Å²) in [6, 6.07) is 11.2. The largest absolute Gasteiger partial charge is 0.477 e. The van der Waals surface area contributed by atoms with Gasteiger partial charge in [0.05, 0.1) is 12.7 Å². The number of hydrogen-bond acceptors (Lipinski definition) is 5. The predicted molar refractivity (Wildman–Crippen MR) is 101 cm³/mol. The first-order valence-electron chi connectivity index (χ1n) is 9.55. The summed E-state index contributed by atoms with van der Waals surface area (Å²) in [5.41, 5.74) is 1.16. The molecule has 2 aliphatic heterocycles. The van der Waals surface area contributed by atoms with Gasteiger partial charge in [-0.1, -0.05) is 12.1 Å². The third-order valence-corrected chi connectivity index (χ3v) is 5.53. The Morgan fingerprint density at radius 3 is 3.07 bits per heavy atom. The van der Waals surface area contributed by atoms with Gasteiger partial charge >= 0.3 is 0 Å². The Bertz CT molecular complexity index is 798. The maximum Gasteiger partial charge on any atom is 0.272 e. The lowest BCUT2D eigenvalue weighted by atomic mass is 9.73. The van der Waals surface area contributed by atoms with Crippen LogP contribution in [-0.2, 0) is 4.74 Å². The highest BCUT2D eigenvalue weighted by Crippen LogP contribution is 2.40. The molecule has 0 saturated carbocycles. The highest BCUT2D eigenvalue weighted by molar-refractivity contribution is 5.92. The Hall–Kier alpha value is -2.47. The zero-order valence-electron chi connectivity index (χ0n) is 15.6. The zero-order valence-corrected chi connectivity index (χ0v) is 15.6. The third-order valence-electron chi connectivity index (χ3n) is 5.53. The number of aryl methyl sites for hydroxylation is 1. The minimum Gasteiger partial charge on any atom is -0.477 e. The van der Waals surface area contributed by atoms with Gasteiger partial charge < -0.3 is 14.4 Å². The van der Waals surface area contributed by atoms with E-state index in [2.05, 4.69) is 9.97 Å². The van der Waals surface area contributed by atoms with E-state index in [-0.39, 0.29) is 17.4 Å². The van der Waals surface area contributed by atoms with Gasteiger partial charge in [0.1, 0.15) is 5.69 Å². The monoisotopic (exact) mass is 367 g/mol. The van der Waals surface area contributed by atoms with Crippen LogP contribution in [0.25, 0.3) is 0 Å². The van der Waals surface area contributed by atoms with Crippen molar-refractivity contribution in [1.29, 1.82) is 0 Å². The second-order valence-corrected chi connectivity index (χ2v) is 7.46. The standard InChI is InChI=1S/C21H25N3O3/c1-16-6-4-7-17(23-16)20(25)24-12-9-18-21(14-24,10-5-13-26-18)15-27-19-8-2-3-11-22-19/h2-4,6-8,11,18H,5,9-10,12-15H2,1H3. The van der Waals surface area contributed by atoms with Gasteiger partial charge in [-0.05, 0) is 44.4 Å². The van der Waals surface area contributed by atoms with Crippen molar-refractivity contribution in [3.63, 3.8) is 0 Å². The van der Waals surface area contributed by atoms with Crippen LogP contribution in [0.15, 0.2) is 42.6 Å². The Labute approximate surface area is 159 Å². The first kappa shape index (κ1) is 17.9. The van der Waals surface area contributed by atoms with Crippen LogP contribution in [0, 0.1) is 12.3 Å². The number of piperidine rings is 1. The van der Waals surface area contributed by atoms with E-state index in [1.54, 1.807) is 12.3 Å². The van der Waals surface area contributed by atoms with Crippen molar-refractivity contribution in [3.05, 3.63) is 54.0 Å². The van der Waals surface area contributed by atoms with Gasteiger partial charge in [-0.3, -0.25) is 4.79 Å². The lowest BCUT2D eigenvalue weighted by molar-refractivity contribution is -0.133. The number of carbonyl (C=O) groups is 1. The smallest absolute Gasteiger partial charge is 0.272 e. The topological polar surface area (TPSA) is 64.6 Å². The van der Waals surface area contributed by atoms with Crippen molar-refractivity contribution in [2.24, 2.45) is 5.41 Å². The van der Waals surface area contributed by atoms with E-state index in [0.29, 0.717) is 31.3 Å². The van der Waals surface area contributed by atoms with Gasteiger partial charge in [-0.25, -0.2) is 9.97 Å². The van der Waals surface area contributed by atoms with Crippen molar-refractivity contribution in [1.82, 2.24) is 14.9 Å². The Morgan fingerprint density at radius 1 is 1.33 bits per heavy atom. The molecule has 6 heteroatoms. The molecule has 2 saturated heterocycles. The van der Waals surface area contributed by atoms with E-state index in [1.165, 1.54) is 0 Å². The van der Waals surface area contributed by atoms with E-state index in [1.807, 2.05) is 42.2 Å². The summed E-state index contributed by atoms with van der Waals surface area (Å²) in [5, 5.41) is 0. The van der Waals surface area contributed by atoms with Crippen molar-refractivity contribution in [2.45, 2.75) is 32.3 Å². The molecule has 2 aromatic heterocycles. The molecule has 2 fully saturated rings. The van der Waals surface area contributed by atoms with Crippen LogP contribution in [0.5, 0.6) is 5.88 Å². The molecule has 0 aromatic carbocycles. The van der Waals surface area contributed by atoms with Gasteiger partial charge in [-0.2, -0.15) is 0 Å². The molecule has 27 heavy (non-hydrogen) atoms. The molecule has 0 bridgehead atoms. The van der Waals surface area contributed by atoms with Crippen molar-refractivity contribution in [3.8, 4) is 5.88 Å². The molecular weight excluding hydrogens is 342 g/mol. The normalized spacial score (nSPS) is 24.9. The average molecular weight is 367 g/mol. The average Bonchev–Trinajstić information content (AvgIpc) is 2.72. The quantitative estimate of drug-likeness (QED) is 0.831. The van der Waals surface area contributed by atoms with Crippen molar-refractivity contribution >= 4 is 5.91 Å². The molecule has 1 amide bonds. The molecule has 0 N–H and O–H groups in total. The first-order chi connectivity index (χ1) is 13.2. The summed E-state index contributed by atoms with van der Waals surface area (Å²) in [7, 11) is 0. The number of nitrogens with zero attached hydrogens (tertiary/aromatic N) is 3. The van der Waals surface area contributed by atoms with Crippen LogP contribution < -0.4 is 4.74 Å². The zero-order chi connectivity index (χ0) is 18.7. The second-order valence-electron chi connectivity index (χ2n) is 7.46.